The Hall–Kier alpha value is -0.655. The van der Waals surface area contributed by atoms with Gasteiger partial charge in [-0.15, -0.1) is 0 Å². The summed E-state index contributed by atoms with van der Waals surface area (Å²) in [5, 5.41) is 0.352. The summed E-state index contributed by atoms with van der Waals surface area (Å²) in [6.45, 7) is 9.12. The Morgan fingerprint density at radius 3 is 2.29 bits per heavy atom. The second-order valence-electron chi connectivity index (χ2n) is 6.27. The van der Waals surface area contributed by atoms with Crippen LogP contribution in [0.4, 0.5) is 0 Å². The van der Waals surface area contributed by atoms with Gasteiger partial charge < -0.3 is 18.8 Å². The summed E-state index contributed by atoms with van der Waals surface area (Å²) in [5.41, 5.74) is 0.618. The molecule has 0 radical (unpaired) electrons. The Bertz CT molecular complexity index is 530. The molecule has 0 amide bonds. The minimum Gasteiger partial charge on any atom is -0.399 e. The third-order valence-electron chi connectivity index (χ3n) is 4.34. The van der Waals surface area contributed by atoms with Gasteiger partial charge in [0.2, 0.25) is 0 Å². The van der Waals surface area contributed by atoms with Crippen molar-refractivity contribution in [2.45, 2.75) is 45.2 Å². The number of hydrogen-bond donors (Lipinski definition) is 0. The third kappa shape index (κ3) is 2.60. The summed E-state index contributed by atoms with van der Waals surface area (Å²) in [5.74, 6) is 0. The van der Waals surface area contributed by atoms with Crippen LogP contribution in [-0.2, 0) is 18.8 Å². The predicted octanol–water partition coefficient (Wildman–Crippen LogP) is 2.08. The lowest BCUT2D eigenvalue weighted by atomic mass is 9.77. The third-order valence-corrected chi connectivity index (χ3v) is 4.64. The van der Waals surface area contributed by atoms with Gasteiger partial charge in [0.25, 0.3) is 0 Å². The molecule has 1 aromatic heterocycles. The van der Waals surface area contributed by atoms with Crippen LogP contribution in [-0.4, -0.2) is 36.5 Å². The summed E-state index contributed by atoms with van der Waals surface area (Å²) in [6, 6.07) is 1.84. The fourth-order valence-corrected chi connectivity index (χ4v) is 2.65. The molecule has 3 heterocycles. The number of nitrogens with zero attached hydrogens (tertiary/aromatic N) is 1. The van der Waals surface area contributed by atoms with Crippen LogP contribution in [0.25, 0.3) is 0 Å². The molecule has 0 unspecified atom stereocenters. The minimum atomic E-state index is -0.584. The maximum atomic E-state index is 6.29. The predicted molar refractivity (Wildman–Crippen MR) is 79.6 cm³/mol. The molecule has 2 aliphatic rings. The van der Waals surface area contributed by atoms with E-state index in [1.54, 1.807) is 6.20 Å². The number of ether oxygens (including phenoxy) is 2. The lowest BCUT2D eigenvalue weighted by Crippen LogP contribution is -2.41. The van der Waals surface area contributed by atoms with Crippen molar-refractivity contribution in [3.63, 3.8) is 0 Å². The van der Waals surface area contributed by atoms with Gasteiger partial charge in [-0.3, -0.25) is 0 Å². The topological polar surface area (TPSA) is 49.8 Å². The zero-order valence-corrected chi connectivity index (χ0v) is 13.4. The van der Waals surface area contributed by atoms with E-state index in [9.17, 15) is 0 Å². The molecule has 0 N–H and O–H groups in total. The largest absolute Gasteiger partial charge is 0.498 e. The van der Waals surface area contributed by atoms with Crippen molar-refractivity contribution in [2.24, 2.45) is 0 Å². The Balaban J connectivity index is 1.99. The monoisotopic (exact) mass is 311 g/mol. The number of hydrogen-bond acceptors (Lipinski definition) is 5. The lowest BCUT2D eigenvalue weighted by molar-refractivity contribution is -0.0435. The van der Waals surface area contributed by atoms with Gasteiger partial charge in [0.1, 0.15) is 5.15 Å². The van der Waals surface area contributed by atoms with Crippen LogP contribution in [0.5, 0.6) is 0 Å². The van der Waals surface area contributed by atoms with Crippen LogP contribution in [0.3, 0.4) is 0 Å². The lowest BCUT2D eigenvalue weighted by Gasteiger charge is -2.32. The summed E-state index contributed by atoms with van der Waals surface area (Å²) in [6.07, 6.45) is 1.19. The maximum Gasteiger partial charge on any atom is 0.498 e. The molecule has 1 aromatic rings. The first kappa shape index (κ1) is 15.2. The zero-order valence-electron chi connectivity index (χ0n) is 12.7. The van der Waals surface area contributed by atoms with Gasteiger partial charge in [0.15, 0.2) is 6.29 Å². The first-order valence-corrected chi connectivity index (χ1v) is 7.43. The molecule has 0 saturated carbocycles. The highest BCUT2D eigenvalue weighted by molar-refractivity contribution is 6.66. The molecule has 7 heteroatoms. The van der Waals surface area contributed by atoms with E-state index >= 15 is 0 Å². The summed E-state index contributed by atoms with van der Waals surface area (Å²) in [7, 11) is -0.584. The van der Waals surface area contributed by atoms with Gasteiger partial charge >= 0.3 is 7.12 Å². The highest BCUT2D eigenvalue weighted by Crippen LogP contribution is 2.38. The van der Waals surface area contributed by atoms with Crippen molar-refractivity contribution in [1.29, 1.82) is 0 Å². The van der Waals surface area contributed by atoms with E-state index in [0.717, 1.165) is 5.56 Å². The Morgan fingerprint density at radius 2 is 1.71 bits per heavy atom. The van der Waals surface area contributed by atoms with Crippen LogP contribution in [0.15, 0.2) is 12.3 Å². The molecule has 0 aliphatic carbocycles. The summed E-state index contributed by atoms with van der Waals surface area (Å²) in [4.78, 5) is 4.15. The molecule has 2 aliphatic heterocycles. The van der Waals surface area contributed by atoms with E-state index in [1.165, 1.54) is 0 Å². The quantitative estimate of drug-likeness (QED) is 0.618. The SMILES string of the molecule is CC1(C)OB(c2c(C3OCCO3)ccnc2Cl)OC1(C)C. The van der Waals surface area contributed by atoms with Gasteiger partial charge in [-0.05, 0) is 33.8 Å². The smallest absolute Gasteiger partial charge is 0.399 e. The van der Waals surface area contributed by atoms with E-state index in [4.69, 9.17) is 30.4 Å². The van der Waals surface area contributed by atoms with Gasteiger partial charge in [-0.2, -0.15) is 0 Å². The van der Waals surface area contributed by atoms with Gasteiger partial charge in [-0.25, -0.2) is 4.98 Å². The molecule has 0 aromatic carbocycles. The first-order valence-electron chi connectivity index (χ1n) is 7.05. The molecule has 2 saturated heterocycles. The molecule has 0 bridgehead atoms. The number of pyridine rings is 1. The van der Waals surface area contributed by atoms with E-state index < -0.39 is 24.6 Å². The normalized spacial score (nSPS) is 24.7. The molecule has 21 heavy (non-hydrogen) atoms. The van der Waals surface area contributed by atoms with Crippen LogP contribution < -0.4 is 5.46 Å². The van der Waals surface area contributed by atoms with Crippen LogP contribution in [0, 0.1) is 0 Å². The molecule has 3 rings (SSSR count). The minimum absolute atomic E-state index is 0.352. The second kappa shape index (κ2) is 5.21. The highest BCUT2D eigenvalue weighted by Gasteiger charge is 2.53. The standard InChI is InChI=1S/C14H19BClNO4/c1-13(2)14(3,4)21-15(20-13)10-9(5-6-17-11(10)16)12-18-7-8-19-12/h5-6,12H,7-8H2,1-4H3. The molecule has 0 spiro atoms. The van der Waals surface area contributed by atoms with E-state index in [0.29, 0.717) is 23.8 Å². The van der Waals surface area contributed by atoms with Crippen LogP contribution >= 0.6 is 11.6 Å². The Morgan fingerprint density at radius 1 is 1.14 bits per heavy atom. The zero-order chi connectivity index (χ0) is 15.3. The molecule has 2 fully saturated rings. The van der Waals surface area contributed by atoms with Crippen molar-refractivity contribution >= 4 is 24.2 Å². The van der Waals surface area contributed by atoms with Gasteiger partial charge in [-0.1, -0.05) is 11.6 Å². The van der Waals surface area contributed by atoms with Crippen molar-refractivity contribution in [3.8, 4) is 0 Å². The number of halogens is 1. The van der Waals surface area contributed by atoms with Crippen molar-refractivity contribution < 1.29 is 18.8 Å². The van der Waals surface area contributed by atoms with Gasteiger partial charge in [0.05, 0.1) is 24.4 Å². The summed E-state index contributed by atoms with van der Waals surface area (Å²) < 4.78 is 23.3. The average Bonchev–Trinajstić information content (AvgIpc) is 2.96. The Kier molecular flexibility index (Phi) is 3.78. The fraction of sp³-hybridized carbons (Fsp3) is 0.643. The highest BCUT2D eigenvalue weighted by atomic mass is 35.5. The number of aromatic nitrogens is 1. The van der Waals surface area contributed by atoms with E-state index in [-0.39, 0.29) is 0 Å². The van der Waals surface area contributed by atoms with Crippen molar-refractivity contribution in [2.75, 3.05) is 13.2 Å². The summed E-state index contributed by atoms with van der Waals surface area (Å²) >= 11 is 6.29. The molecular formula is C14H19BClNO4. The van der Waals surface area contributed by atoms with Crippen LogP contribution in [0.2, 0.25) is 5.15 Å². The van der Waals surface area contributed by atoms with E-state index in [1.807, 2.05) is 33.8 Å². The molecule has 0 atom stereocenters. The molecular weight excluding hydrogens is 292 g/mol. The average molecular weight is 312 g/mol. The fourth-order valence-electron chi connectivity index (χ4n) is 2.40. The second-order valence-corrected chi connectivity index (χ2v) is 6.62. The first-order chi connectivity index (χ1) is 9.82. The van der Waals surface area contributed by atoms with Crippen LogP contribution in [0.1, 0.15) is 39.5 Å². The molecule has 114 valence electrons. The van der Waals surface area contributed by atoms with Crippen molar-refractivity contribution in [1.82, 2.24) is 4.98 Å². The Labute approximate surface area is 130 Å². The maximum absolute atomic E-state index is 6.29. The molecule has 5 nitrogen and oxygen atoms in total. The van der Waals surface area contributed by atoms with E-state index in [2.05, 4.69) is 4.98 Å². The van der Waals surface area contributed by atoms with Gasteiger partial charge in [0, 0.05) is 17.2 Å². The number of rotatable bonds is 2. The van der Waals surface area contributed by atoms with Crippen molar-refractivity contribution in [3.05, 3.63) is 23.0 Å².